The van der Waals surface area contributed by atoms with E-state index < -0.39 is 16.4 Å². The van der Waals surface area contributed by atoms with Crippen LogP contribution in [0.15, 0.2) is 40.9 Å². The van der Waals surface area contributed by atoms with Gasteiger partial charge in [-0.15, -0.1) is 0 Å². The van der Waals surface area contributed by atoms with E-state index in [0.29, 0.717) is 11.3 Å². The Bertz CT molecular complexity index is 665. The number of hydrogen-bond donors (Lipinski definition) is 1. The summed E-state index contributed by atoms with van der Waals surface area (Å²) in [5, 5.41) is 13.3. The SMILES string of the molecule is O=[N+]([O-])c1ccc(NCc2cc(Br)ccc2F)cc1F. The van der Waals surface area contributed by atoms with E-state index in [1.54, 1.807) is 12.1 Å². The van der Waals surface area contributed by atoms with Crippen molar-refractivity contribution in [1.29, 1.82) is 0 Å². The lowest BCUT2D eigenvalue weighted by Gasteiger charge is -2.08. The number of nitrogens with zero attached hydrogens (tertiary/aromatic N) is 1. The van der Waals surface area contributed by atoms with Crippen molar-refractivity contribution in [3.63, 3.8) is 0 Å². The minimum absolute atomic E-state index is 0.141. The molecule has 0 fully saturated rings. The quantitative estimate of drug-likeness (QED) is 0.667. The molecule has 20 heavy (non-hydrogen) atoms. The Morgan fingerprint density at radius 2 is 1.90 bits per heavy atom. The Kier molecular flexibility index (Phi) is 4.29. The molecule has 0 unspecified atom stereocenters. The Morgan fingerprint density at radius 3 is 2.55 bits per heavy atom. The molecule has 0 aliphatic heterocycles. The van der Waals surface area contributed by atoms with Gasteiger partial charge in [0.05, 0.1) is 4.92 Å². The lowest BCUT2D eigenvalue weighted by molar-refractivity contribution is -0.387. The monoisotopic (exact) mass is 342 g/mol. The minimum Gasteiger partial charge on any atom is -0.381 e. The zero-order chi connectivity index (χ0) is 14.7. The summed E-state index contributed by atoms with van der Waals surface area (Å²) in [6.45, 7) is 0.141. The van der Waals surface area contributed by atoms with E-state index in [1.807, 2.05) is 0 Å². The van der Waals surface area contributed by atoms with Gasteiger partial charge in [-0.2, -0.15) is 4.39 Å². The van der Waals surface area contributed by atoms with Crippen molar-refractivity contribution in [3.05, 3.63) is 68.2 Å². The van der Waals surface area contributed by atoms with Gasteiger partial charge in [-0.25, -0.2) is 4.39 Å². The van der Waals surface area contributed by atoms with E-state index in [1.165, 1.54) is 12.1 Å². The highest BCUT2D eigenvalue weighted by molar-refractivity contribution is 9.10. The molecule has 0 aliphatic rings. The van der Waals surface area contributed by atoms with Crippen LogP contribution < -0.4 is 5.32 Å². The first-order valence-electron chi connectivity index (χ1n) is 5.59. The first-order chi connectivity index (χ1) is 9.47. The van der Waals surface area contributed by atoms with Crippen LogP contribution in [0.5, 0.6) is 0 Å². The second-order valence-electron chi connectivity index (χ2n) is 4.01. The molecule has 0 radical (unpaired) electrons. The van der Waals surface area contributed by atoms with E-state index in [2.05, 4.69) is 21.2 Å². The number of rotatable bonds is 4. The first kappa shape index (κ1) is 14.4. The molecule has 0 aliphatic carbocycles. The van der Waals surface area contributed by atoms with Crippen molar-refractivity contribution in [2.24, 2.45) is 0 Å². The zero-order valence-corrected chi connectivity index (χ0v) is 11.7. The van der Waals surface area contributed by atoms with Crippen molar-refractivity contribution in [3.8, 4) is 0 Å². The maximum atomic E-state index is 13.5. The molecular weight excluding hydrogens is 334 g/mol. The summed E-state index contributed by atoms with van der Waals surface area (Å²) >= 11 is 3.23. The first-order valence-corrected chi connectivity index (χ1v) is 6.38. The molecule has 0 amide bonds. The lowest BCUT2D eigenvalue weighted by Crippen LogP contribution is -2.03. The number of anilines is 1. The molecule has 7 heteroatoms. The number of nitro benzene ring substituents is 1. The molecule has 0 aromatic heterocycles. The molecule has 1 N–H and O–H groups in total. The average molecular weight is 343 g/mol. The van der Waals surface area contributed by atoms with E-state index >= 15 is 0 Å². The van der Waals surface area contributed by atoms with E-state index in [0.717, 1.165) is 16.6 Å². The standard InChI is InChI=1S/C13H9BrF2N2O2/c14-9-1-3-11(15)8(5-9)7-17-10-2-4-13(18(19)20)12(16)6-10/h1-6,17H,7H2. The topological polar surface area (TPSA) is 55.2 Å². The molecule has 2 aromatic carbocycles. The number of nitrogens with one attached hydrogen (secondary N) is 1. The number of halogens is 3. The Hall–Kier alpha value is -2.02. The van der Waals surface area contributed by atoms with Gasteiger partial charge in [0.25, 0.3) is 0 Å². The van der Waals surface area contributed by atoms with Crippen molar-refractivity contribution < 1.29 is 13.7 Å². The van der Waals surface area contributed by atoms with Crippen molar-refractivity contribution >= 4 is 27.3 Å². The molecule has 0 heterocycles. The fraction of sp³-hybridized carbons (Fsp3) is 0.0769. The summed E-state index contributed by atoms with van der Waals surface area (Å²) < 4.78 is 27.6. The van der Waals surface area contributed by atoms with Crippen LogP contribution in [0.3, 0.4) is 0 Å². The van der Waals surface area contributed by atoms with Gasteiger partial charge in [-0.1, -0.05) is 15.9 Å². The van der Waals surface area contributed by atoms with Crippen LogP contribution in [-0.2, 0) is 6.54 Å². The molecule has 0 saturated carbocycles. The van der Waals surface area contributed by atoms with Gasteiger partial charge in [0.15, 0.2) is 0 Å². The van der Waals surface area contributed by atoms with Crippen LogP contribution in [0.25, 0.3) is 0 Å². The number of benzene rings is 2. The maximum absolute atomic E-state index is 13.5. The summed E-state index contributed by atoms with van der Waals surface area (Å²) in [5.41, 5.74) is 0.148. The van der Waals surface area contributed by atoms with Gasteiger partial charge in [-0.3, -0.25) is 10.1 Å². The zero-order valence-electron chi connectivity index (χ0n) is 10.1. The average Bonchev–Trinajstić information content (AvgIpc) is 2.39. The third-order valence-corrected chi connectivity index (χ3v) is 3.13. The molecule has 4 nitrogen and oxygen atoms in total. The summed E-state index contributed by atoms with van der Waals surface area (Å²) in [7, 11) is 0. The van der Waals surface area contributed by atoms with Crippen LogP contribution in [0, 0.1) is 21.7 Å². The fourth-order valence-electron chi connectivity index (χ4n) is 1.64. The van der Waals surface area contributed by atoms with Gasteiger partial charge in [0.2, 0.25) is 5.82 Å². The largest absolute Gasteiger partial charge is 0.381 e. The van der Waals surface area contributed by atoms with Gasteiger partial charge >= 0.3 is 5.69 Å². The Morgan fingerprint density at radius 1 is 1.15 bits per heavy atom. The minimum atomic E-state index is -0.935. The molecule has 2 aromatic rings. The summed E-state index contributed by atoms with van der Waals surface area (Å²) in [4.78, 5) is 9.69. The normalized spacial score (nSPS) is 10.3. The van der Waals surface area contributed by atoms with E-state index in [4.69, 9.17) is 0 Å². The molecule has 104 valence electrons. The smallest absolute Gasteiger partial charge is 0.304 e. The van der Waals surface area contributed by atoms with Gasteiger partial charge in [0, 0.05) is 34.4 Å². The number of hydrogen-bond acceptors (Lipinski definition) is 3. The third-order valence-electron chi connectivity index (χ3n) is 2.64. The molecule has 2 rings (SSSR count). The van der Waals surface area contributed by atoms with Gasteiger partial charge < -0.3 is 5.32 Å². The highest BCUT2D eigenvalue weighted by Crippen LogP contribution is 2.22. The van der Waals surface area contributed by atoms with Crippen molar-refractivity contribution in [2.45, 2.75) is 6.54 Å². The maximum Gasteiger partial charge on any atom is 0.304 e. The molecular formula is C13H9BrF2N2O2. The summed E-state index contributed by atoms with van der Waals surface area (Å²) in [6, 6.07) is 7.94. The summed E-state index contributed by atoms with van der Waals surface area (Å²) in [5.74, 6) is -1.32. The number of nitro groups is 1. The second-order valence-corrected chi connectivity index (χ2v) is 4.93. The highest BCUT2D eigenvalue weighted by atomic mass is 79.9. The Labute approximate surface area is 121 Å². The third kappa shape index (κ3) is 3.30. The van der Waals surface area contributed by atoms with Crippen LogP contribution in [0.2, 0.25) is 0 Å². The molecule has 0 spiro atoms. The van der Waals surface area contributed by atoms with Crippen LogP contribution in [0.1, 0.15) is 5.56 Å². The fourth-order valence-corrected chi connectivity index (χ4v) is 2.05. The van der Waals surface area contributed by atoms with Crippen molar-refractivity contribution in [1.82, 2.24) is 0 Å². The predicted octanol–water partition coefficient (Wildman–Crippen LogP) is 4.25. The van der Waals surface area contributed by atoms with Crippen LogP contribution in [-0.4, -0.2) is 4.92 Å². The molecule has 0 saturated heterocycles. The van der Waals surface area contributed by atoms with Crippen LogP contribution in [0.4, 0.5) is 20.2 Å². The van der Waals surface area contributed by atoms with Crippen LogP contribution >= 0.6 is 15.9 Å². The van der Waals surface area contributed by atoms with Gasteiger partial charge in [-0.05, 0) is 24.3 Å². The second kappa shape index (κ2) is 5.96. The van der Waals surface area contributed by atoms with E-state index in [9.17, 15) is 18.9 Å². The summed E-state index contributed by atoms with van der Waals surface area (Å²) in [6.07, 6.45) is 0. The van der Waals surface area contributed by atoms with Crippen molar-refractivity contribution in [2.75, 3.05) is 5.32 Å². The predicted molar refractivity (Wildman–Crippen MR) is 74.5 cm³/mol. The van der Waals surface area contributed by atoms with E-state index in [-0.39, 0.29) is 12.4 Å². The molecule has 0 atom stereocenters. The molecule has 0 bridgehead atoms. The lowest BCUT2D eigenvalue weighted by atomic mass is 10.2. The van der Waals surface area contributed by atoms with Gasteiger partial charge in [0.1, 0.15) is 5.82 Å². The highest BCUT2D eigenvalue weighted by Gasteiger charge is 2.13. The Balaban J connectivity index is 2.13.